The number of imidazole rings is 1. The molecule has 1 fully saturated rings. The van der Waals surface area contributed by atoms with E-state index < -0.39 is 9.84 Å². The lowest BCUT2D eigenvalue weighted by Gasteiger charge is -2.14. The van der Waals surface area contributed by atoms with Crippen LogP contribution in [0, 0.1) is 6.92 Å². The van der Waals surface area contributed by atoms with Gasteiger partial charge in [-0.1, -0.05) is 6.07 Å². The SMILES string of the molecule is Cc1cc(S(=O)(=O)c2ccc3[nH]cnc3c2)ccc1C1CCNC1. The second-order valence-corrected chi connectivity index (χ2v) is 8.24. The Morgan fingerprint density at radius 3 is 2.67 bits per heavy atom. The molecule has 0 bridgehead atoms. The number of benzene rings is 2. The Morgan fingerprint density at radius 1 is 1.12 bits per heavy atom. The van der Waals surface area contributed by atoms with E-state index >= 15 is 0 Å². The number of aromatic nitrogens is 2. The third-order valence-corrected chi connectivity index (χ3v) is 6.50. The summed E-state index contributed by atoms with van der Waals surface area (Å²) in [5.74, 6) is 0.474. The lowest BCUT2D eigenvalue weighted by atomic mass is 9.94. The van der Waals surface area contributed by atoms with E-state index in [1.807, 2.05) is 13.0 Å². The van der Waals surface area contributed by atoms with E-state index in [0.717, 1.165) is 30.6 Å². The lowest BCUT2D eigenvalue weighted by molar-refractivity contribution is 0.596. The van der Waals surface area contributed by atoms with E-state index in [1.165, 1.54) is 5.56 Å². The predicted molar refractivity (Wildman–Crippen MR) is 93.0 cm³/mol. The maximum absolute atomic E-state index is 12.9. The van der Waals surface area contributed by atoms with Crippen LogP contribution in [-0.4, -0.2) is 31.5 Å². The van der Waals surface area contributed by atoms with Gasteiger partial charge >= 0.3 is 0 Å². The third-order valence-electron chi connectivity index (χ3n) is 4.75. The van der Waals surface area contributed by atoms with Crippen molar-refractivity contribution in [3.05, 3.63) is 53.9 Å². The van der Waals surface area contributed by atoms with Crippen molar-refractivity contribution in [1.82, 2.24) is 15.3 Å². The monoisotopic (exact) mass is 341 g/mol. The number of rotatable bonds is 3. The van der Waals surface area contributed by atoms with Crippen LogP contribution in [0.4, 0.5) is 0 Å². The molecular formula is C18H19N3O2S. The summed E-state index contributed by atoms with van der Waals surface area (Å²) in [7, 11) is -3.54. The van der Waals surface area contributed by atoms with Crippen LogP contribution in [0.15, 0.2) is 52.5 Å². The average molecular weight is 341 g/mol. The molecule has 1 atom stereocenters. The second kappa shape index (κ2) is 5.72. The van der Waals surface area contributed by atoms with Crippen LogP contribution in [0.3, 0.4) is 0 Å². The highest BCUT2D eigenvalue weighted by molar-refractivity contribution is 7.91. The summed E-state index contributed by atoms with van der Waals surface area (Å²) in [4.78, 5) is 7.73. The molecular weight excluding hydrogens is 322 g/mol. The molecule has 1 aliphatic rings. The number of aryl methyl sites for hydroxylation is 1. The average Bonchev–Trinajstić information content (AvgIpc) is 3.25. The van der Waals surface area contributed by atoms with Gasteiger partial charge in [-0.05, 0) is 67.3 Å². The van der Waals surface area contributed by atoms with Crippen molar-refractivity contribution in [2.24, 2.45) is 0 Å². The van der Waals surface area contributed by atoms with Crippen LogP contribution in [0.2, 0.25) is 0 Å². The smallest absolute Gasteiger partial charge is 0.206 e. The van der Waals surface area contributed by atoms with Crippen LogP contribution in [0.1, 0.15) is 23.5 Å². The molecule has 2 aromatic carbocycles. The molecule has 1 unspecified atom stereocenters. The highest BCUT2D eigenvalue weighted by Crippen LogP contribution is 2.29. The van der Waals surface area contributed by atoms with Crippen molar-refractivity contribution in [1.29, 1.82) is 0 Å². The highest BCUT2D eigenvalue weighted by Gasteiger charge is 2.22. The topological polar surface area (TPSA) is 74.8 Å². The van der Waals surface area contributed by atoms with Crippen molar-refractivity contribution >= 4 is 20.9 Å². The Hall–Kier alpha value is -2.18. The molecule has 24 heavy (non-hydrogen) atoms. The van der Waals surface area contributed by atoms with Gasteiger partial charge in [0.25, 0.3) is 0 Å². The second-order valence-electron chi connectivity index (χ2n) is 6.29. The van der Waals surface area contributed by atoms with Gasteiger partial charge in [0.1, 0.15) is 0 Å². The Labute approximate surface area is 141 Å². The molecule has 4 rings (SSSR count). The molecule has 0 radical (unpaired) electrons. The number of nitrogens with one attached hydrogen (secondary N) is 2. The predicted octanol–water partition coefficient (Wildman–Crippen LogP) is 2.78. The highest BCUT2D eigenvalue weighted by atomic mass is 32.2. The summed E-state index contributed by atoms with van der Waals surface area (Å²) in [6.45, 7) is 3.97. The summed E-state index contributed by atoms with van der Waals surface area (Å²) >= 11 is 0. The van der Waals surface area contributed by atoms with Crippen molar-refractivity contribution in [3.63, 3.8) is 0 Å². The molecule has 124 valence electrons. The van der Waals surface area contributed by atoms with E-state index in [9.17, 15) is 8.42 Å². The van der Waals surface area contributed by atoms with E-state index in [1.54, 1.807) is 36.7 Å². The summed E-state index contributed by atoms with van der Waals surface area (Å²) in [6.07, 6.45) is 2.67. The van der Waals surface area contributed by atoms with Gasteiger partial charge in [-0.15, -0.1) is 0 Å². The first-order chi connectivity index (χ1) is 11.6. The fraction of sp³-hybridized carbons (Fsp3) is 0.278. The maximum atomic E-state index is 12.9. The van der Waals surface area contributed by atoms with Crippen molar-refractivity contribution in [3.8, 4) is 0 Å². The minimum absolute atomic E-state index is 0.275. The Balaban J connectivity index is 1.74. The normalized spacial score (nSPS) is 18.3. The molecule has 1 aliphatic heterocycles. The maximum Gasteiger partial charge on any atom is 0.206 e. The van der Waals surface area contributed by atoms with Gasteiger partial charge < -0.3 is 10.3 Å². The Morgan fingerprint density at radius 2 is 1.92 bits per heavy atom. The molecule has 2 N–H and O–H groups in total. The minimum Gasteiger partial charge on any atom is -0.345 e. The molecule has 0 spiro atoms. The van der Waals surface area contributed by atoms with Gasteiger partial charge in [-0.3, -0.25) is 0 Å². The molecule has 6 heteroatoms. The van der Waals surface area contributed by atoms with Crippen LogP contribution >= 0.6 is 0 Å². The number of H-pyrrole nitrogens is 1. The first-order valence-electron chi connectivity index (χ1n) is 8.05. The van der Waals surface area contributed by atoms with Gasteiger partial charge in [0.05, 0.1) is 27.2 Å². The number of hydrogen-bond donors (Lipinski definition) is 2. The zero-order chi connectivity index (χ0) is 16.7. The molecule has 3 aromatic rings. The summed E-state index contributed by atoms with van der Waals surface area (Å²) in [5.41, 5.74) is 3.75. The molecule has 0 saturated carbocycles. The van der Waals surface area contributed by atoms with E-state index in [-0.39, 0.29) is 4.90 Å². The fourth-order valence-corrected chi connectivity index (χ4v) is 4.77. The van der Waals surface area contributed by atoms with Crippen molar-refractivity contribution in [2.45, 2.75) is 29.1 Å². The van der Waals surface area contributed by atoms with Gasteiger partial charge in [-0.2, -0.15) is 0 Å². The first kappa shape index (κ1) is 15.4. The molecule has 1 saturated heterocycles. The largest absolute Gasteiger partial charge is 0.345 e. The zero-order valence-electron chi connectivity index (χ0n) is 13.4. The summed E-state index contributed by atoms with van der Waals surface area (Å²) in [6, 6.07) is 10.5. The molecule has 5 nitrogen and oxygen atoms in total. The molecule has 2 heterocycles. The Bertz CT molecular complexity index is 1000. The van der Waals surface area contributed by atoms with Crippen LogP contribution in [0.25, 0.3) is 11.0 Å². The number of aromatic amines is 1. The minimum atomic E-state index is -3.54. The van der Waals surface area contributed by atoms with Gasteiger partial charge in [0, 0.05) is 6.54 Å². The molecule has 0 amide bonds. The number of hydrogen-bond acceptors (Lipinski definition) is 4. The zero-order valence-corrected chi connectivity index (χ0v) is 14.2. The van der Waals surface area contributed by atoms with E-state index in [0.29, 0.717) is 16.3 Å². The van der Waals surface area contributed by atoms with Gasteiger partial charge in [0.2, 0.25) is 9.84 Å². The fourth-order valence-electron chi connectivity index (χ4n) is 3.41. The number of sulfone groups is 1. The Kier molecular flexibility index (Phi) is 3.66. The summed E-state index contributed by atoms with van der Waals surface area (Å²) < 4.78 is 25.9. The van der Waals surface area contributed by atoms with Crippen LogP contribution < -0.4 is 5.32 Å². The van der Waals surface area contributed by atoms with Crippen LogP contribution in [0.5, 0.6) is 0 Å². The van der Waals surface area contributed by atoms with Gasteiger partial charge in [0.15, 0.2) is 0 Å². The summed E-state index contributed by atoms with van der Waals surface area (Å²) in [5, 5.41) is 3.36. The van der Waals surface area contributed by atoms with Crippen molar-refractivity contribution < 1.29 is 8.42 Å². The van der Waals surface area contributed by atoms with E-state index in [4.69, 9.17) is 0 Å². The van der Waals surface area contributed by atoms with Crippen molar-refractivity contribution in [2.75, 3.05) is 13.1 Å². The van der Waals surface area contributed by atoms with Gasteiger partial charge in [-0.25, -0.2) is 13.4 Å². The van der Waals surface area contributed by atoms with Crippen LogP contribution in [-0.2, 0) is 9.84 Å². The quantitative estimate of drug-likeness (QED) is 0.768. The first-order valence-corrected chi connectivity index (χ1v) is 9.53. The lowest BCUT2D eigenvalue weighted by Crippen LogP contribution is -2.09. The van der Waals surface area contributed by atoms with E-state index in [2.05, 4.69) is 15.3 Å². The number of nitrogens with zero attached hydrogens (tertiary/aromatic N) is 1. The molecule has 1 aromatic heterocycles. The molecule has 0 aliphatic carbocycles. The standard InChI is InChI=1S/C18H19N3O2S/c1-12-8-14(2-4-16(12)13-6-7-19-10-13)24(22,23)15-3-5-17-18(9-15)21-11-20-17/h2-5,8-9,11,13,19H,6-7,10H2,1H3,(H,20,21). The number of fused-ring (bicyclic) bond motifs is 1. The third kappa shape index (κ3) is 2.52.